The molecule has 0 aliphatic rings. The van der Waals surface area contributed by atoms with Crippen LogP contribution < -0.4 is 11.1 Å². The molecule has 3 aromatic rings. The van der Waals surface area contributed by atoms with Gasteiger partial charge in [0.25, 0.3) is 0 Å². The average Bonchev–Trinajstić information content (AvgIpc) is 2.95. The summed E-state index contributed by atoms with van der Waals surface area (Å²) in [7, 11) is 0. The molecule has 1 aromatic heterocycles. The number of nitrogens with two attached hydrogens (primary N) is 1. The molecule has 0 aliphatic carbocycles. The van der Waals surface area contributed by atoms with Gasteiger partial charge in [0.1, 0.15) is 10.7 Å². The van der Waals surface area contributed by atoms with E-state index in [1.807, 2.05) is 0 Å². The summed E-state index contributed by atoms with van der Waals surface area (Å²) in [6, 6.07) is 10.8. The van der Waals surface area contributed by atoms with Crippen molar-refractivity contribution in [2.75, 3.05) is 11.1 Å². The summed E-state index contributed by atoms with van der Waals surface area (Å²) < 4.78 is 37.8. The molecule has 0 saturated carbocycles. The number of thiazole rings is 1. The lowest BCUT2D eigenvalue weighted by Gasteiger charge is -2.07. The smallest absolute Gasteiger partial charge is 0.382 e. The van der Waals surface area contributed by atoms with Crippen LogP contribution in [0.4, 0.5) is 29.8 Å². The van der Waals surface area contributed by atoms with E-state index in [1.54, 1.807) is 24.3 Å². The fraction of sp³-hybridized carbons (Fsp3) is 0.0588. The second-order valence-electron chi connectivity index (χ2n) is 5.27. The average molecular weight is 398 g/mol. The van der Waals surface area contributed by atoms with Crippen LogP contribution in [-0.2, 0) is 6.18 Å². The SMILES string of the molecule is Nc1nc(Nc2ccc(C(F)(F)F)cc2)sc1C(=O)c1ccc(Cl)cc1. The van der Waals surface area contributed by atoms with Crippen molar-refractivity contribution < 1.29 is 18.0 Å². The van der Waals surface area contributed by atoms with E-state index in [4.69, 9.17) is 17.3 Å². The number of rotatable bonds is 4. The lowest BCUT2D eigenvalue weighted by atomic mass is 10.1. The van der Waals surface area contributed by atoms with Crippen molar-refractivity contribution in [3.05, 3.63) is 69.6 Å². The Hall–Kier alpha value is -2.58. The predicted octanol–water partition coefficient (Wildman–Crippen LogP) is 5.37. The quantitative estimate of drug-likeness (QED) is 0.580. The number of halogens is 4. The fourth-order valence-corrected chi connectivity index (χ4v) is 3.14. The van der Waals surface area contributed by atoms with Crippen molar-refractivity contribution in [2.24, 2.45) is 0 Å². The number of nitrogens with zero attached hydrogens (tertiary/aromatic N) is 1. The van der Waals surface area contributed by atoms with Gasteiger partial charge in [-0.3, -0.25) is 4.79 Å². The number of hydrogen-bond donors (Lipinski definition) is 2. The topological polar surface area (TPSA) is 68.0 Å². The molecular formula is C17H11ClF3N3OS. The van der Waals surface area contributed by atoms with Crippen LogP contribution >= 0.6 is 22.9 Å². The molecule has 1 heterocycles. The highest BCUT2D eigenvalue weighted by molar-refractivity contribution is 7.18. The van der Waals surface area contributed by atoms with Crippen LogP contribution in [0, 0.1) is 0 Å². The molecule has 3 rings (SSSR count). The Morgan fingerprint density at radius 1 is 1.08 bits per heavy atom. The first-order valence-electron chi connectivity index (χ1n) is 7.25. The third-order valence-corrected chi connectivity index (χ3v) is 4.67. The Morgan fingerprint density at radius 2 is 1.69 bits per heavy atom. The summed E-state index contributed by atoms with van der Waals surface area (Å²) in [4.78, 5) is 16.8. The number of hydrogen-bond acceptors (Lipinski definition) is 5. The minimum absolute atomic E-state index is 0.0457. The van der Waals surface area contributed by atoms with Crippen LogP contribution in [0.5, 0.6) is 0 Å². The van der Waals surface area contributed by atoms with Crippen molar-refractivity contribution in [1.82, 2.24) is 4.98 Å². The first-order valence-corrected chi connectivity index (χ1v) is 8.44. The largest absolute Gasteiger partial charge is 0.416 e. The first kappa shape index (κ1) is 18.2. The van der Waals surface area contributed by atoms with E-state index in [0.717, 1.165) is 23.5 Å². The molecule has 0 unspecified atom stereocenters. The highest BCUT2D eigenvalue weighted by Crippen LogP contribution is 2.32. The molecule has 26 heavy (non-hydrogen) atoms. The second-order valence-corrected chi connectivity index (χ2v) is 6.71. The van der Waals surface area contributed by atoms with Crippen molar-refractivity contribution in [2.45, 2.75) is 6.18 Å². The molecule has 0 fully saturated rings. The zero-order valence-electron chi connectivity index (χ0n) is 13.0. The number of ketones is 1. The third kappa shape index (κ3) is 3.97. The van der Waals surface area contributed by atoms with E-state index in [1.165, 1.54) is 12.1 Å². The van der Waals surface area contributed by atoms with E-state index < -0.39 is 11.7 Å². The van der Waals surface area contributed by atoms with Gasteiger partial charge in [0, 0.05) is 16.3 Å². The molecule has 0 atom stereocenters. The highest BCUT2D eigenvalue weighted by Gasteiger charge is 2.30. The van der Waals surface area contributed by atoms with Gasteiger partial charge in [0.15, 0.2) is 5.13 Å². The molecule has 2 aromatic carbocycles. The highest BCUT2D eigenvalue weighted by atomic mass is 35.5. The van der Waals surface area contributed by atoms with Gasteiger partial charge < -0.3 is 11.1 Å². The van der Waals surface area contributed by atoms with E-state index in [0.29, 0.717) is 21.4 Å². The molecule has 0 bridgehead atoms. The Bertz CT molecular complexity index is 937. The van der Waals surface area contributed by atoms with E-state index in [-0.39, 0.29) is 16.5 Å². The maximum atomic E-state index is 12.6. The van der Waals surface area contributed by atoms with E-state index in [2.05, 4.69) is 10.3 Å². The summed E-state index contributed by atoms with van der Waals surface area (Å²) >= 11 is 6.82. The van der Waals surface area contributed by atoms with Gasteiger partial charge in [-0.05, 0) is 48.5 Å². The Labute approximate surface area is 155 Å². The van der Waals surface area contributed by atoms with Gasteiger partial charge in [-0.15, -0.1) is 0 Å². The summed E-state index contributed by atoms with van der Waals surface area (Å²) in [5.41, 5.74) is 5.87. The third-order valence-electron chi connectivity index (χ3n) is 3.43. The predicted molar refractivity (Wildman–Crippen MR) is 96.1 cm³/mol. The lowest BCUT2D eigenvalue weighted by Crippen LogP contribution is -2.04. The minimum atomic E-state index is -4.40. The maximum Gasteiger partial charge on any atom is 0.416 e. The second kappa shape index (κ2) is 6.97. The maximum absolute atomic E-state index is 12.6. The van der Waals surface area contributed by atoms with Gasteiger partial charge in [-0.2, -0.15) is 13.2 Å². The number of alkyl halides is 3. The van der Waals surface area contributed by atoms with Gasteiger partial charge >= 0.3 is 6.18 Å². The van der Waals surface area contributed by atoms with Crippen molar-refractivity contribution in [1.29, 1.82) is 0 Å². The molecule has 134 valence electrons. The summed E-state index contributed by atoms with van der Waals surface area (Å²) in [6.07, 6.45) is -4.40. The monoisotopic (exact) mass is 397 g/mol. The molecule has 9 heteroatoms. The number of nitrogens with one attached hydrogen (secondary N) is 1. The number of benzene rings is 2. The van der Waals surface area contributed by atoms with Crippen LogP contribution in [0.2, 0.25) is 5.02 Å². The standard InChI is InChI=1S/C17H11ClF3N3OS/c18-11-5-1-9(2-6-11)13(25)14-15(22)24-16(26-14)23-12-7-3-10(4-8-12)17(19,20)21/h1-8H,22H2,(H,23,24). The van der Waals surface area contributed by atoms with Crippen molar-refractivity contribution >= 4 is 45.4 Å². The number of nitrogen functional groups attached to an aromatic ring is 1. The Kier molecular flexibility index (Phi) is 4.88. The van der Waals surface area contributed by atoms with Crippen LogP contribution in [0.3, 0.4) is 0 Å². The molecule has 0 aliphatic heterocycles. The number of anilines is 3. The first-order chi connectivity index (χ1) is 12.2. The van der Waals surface area contributed by atoms with E-state index in [9.17, 15) is 18.0 Å². The molecular weight excluding hydrogens is 387 g/mol. The molecule has 0 amide bonds. The zero-order valence-corrected chi connectivity index (χ0v) is 14.5. The molecule has 4 nitrogen and oxygen atoms in total. The van der Waals surface area contributed by atoms with Crippen molar-refractivity contribution in [3.8, 4) is 0 Å². The van der Waals surface area contributed by atoms with Crippen LogP contribution in [0.15, 0.2) is 48.5 Å². The number of aromatic nitrogens is 1. The Morgan fingerprint density at radius 3 is 2.27 bits per heavy atom. The minimum Gasteiger partial charge on any atom is -0.382 e. The van der Waals surface area contributed by atoms with Gasteiger partial charge in [-0.1, -0.05) is 22.9 Å². The number of carbonyl (C=O) groups is 1. The van der Waals surface area contributed by atoms with E-state index >= 15 is 0 Å². The van der Waals surface area contributed by atoms with Crippen LogP contribution in [-0.4, -0.2) is 10.8 Å². The zero-order chi connectivity index (χ0) is 18.9. The van der Waals surface area contributed by atoms with Gasteiger partial charge in [0.2, 0.25) is 5.78 Å². The fourth-order valence-electron chi connectivity index (χ4n) is 2.15. The van der Waals surface area contributed by atoms with Gasteiger partial charge in [0.05, 0.1) is 5.56 Å². The summed E-state index contributed by atoms with van der Waals surface area (Å²) in [5.74, 6) is -0.263. The Balaban J connectivity index is 1.80. The lowest BCUT2D eigenvalue weighted by molar-refractivity contribution is -0.137. The molecule has 0 spiro atoms. The van der Waals surface area contributed by atoms with Crippen molar-refractivity contribution in [3.63, 3.8) is 0 Å². The van der Waals surface area contributed by atoms with Crippen LogP contribution in [0.1, 0.15) is 20.8 Å². The molecule has 0 saturated heterocycles. The normalized spacial score (nSPS) is 11.4. The number of carbonyl (C=O) groups excluding carboxylic acids is 1. The van der Waals surface area contributed by atoms with Gasteiger partial charge in [-0.25, -0.2) is 4.98 Å². The molecule has 3 N–H and O–H groups in total. The summed E-state index contributed by atoms with van der Waals surface area (Å²) in [5, 5.41) is 3.65. The summed E-state index contributed by atoms with van der Waals surface area (Å²) in [6.45, 7) is 0. The molecule has 0 radical (unpaired) electrons. The van der Waals surface area contributed by atoms with Crippen LogP contribution in [0.25, 0.3) is 0 Å².